The average molecular weight is 466 g/mol. The highest BCUT2D eigenvalue weighted by Gasteiger charge is 2.17. The van der Waals surface area contributed by atoms with E-state index in [1.165, 1.54) is 17.4 Å². The molecule has 0 radical (unpaired) electrons. The number of hydrazine groups is 1. The van der Waals surface area contributed by atoms with E-state index in [9.17, 15) is 9.59 Å². The molecule has 0 unspecified atom stereocenters. The predicted octanol–water partition coefficient (Wildman–Crippen LogP) is 5.06. The number of rotatable bonds is 3. The van der Waals surface area contributed by atoms with Crippen LogP contribution in [0.2, 0.25) is 5.02 Å². The Balaban J connectivity index is 1.35. The van der Waals surface area contributed by atoms with Gasteiger partial charge in [-0.05, 0) is 40.7 Å². The number of fused-ring (bicyclic) bond motifs is 2. The second-order valence-electron chi connectivity index (χ2n) is 6.54. The maximum atomic E-state index is 12.4. The number of thiocarbonyl (C=S) groups is 1. The van der Waals surface area contributed by atoms with Crippen LogP contribution in [0.25, 0.3) is 26.9 Å². The molecule has 0 fully saturated rings. The van der Waals surface area contributed by atoms with E-state index in [2.05, 4.69) is 16.2 Å². The monoisotopic (exact) mass is 465 g/mol. The van der Waals surface area contributed by atoms with Gasteiger partial charge >= 0.3 is 0 Å². The number of nitrogens with one attached hydrogen (secondary N) is 3. The summed E-state index contributed by atoms with van der Waals surface area (Å²) in [5.41, 5.74) is 5.90. The van der Waals surface area contributed by atoms with Crippen LogP contribution >= 0.6 is 35.2 Å². The van der Waals surface area contributed by atoms with Crippen molar-refractivity contribution >= 4 is 79.0 Å². The molecule has 4 rings (SSSR count). The minimum absolute atomic E-state index is 0.0295. The second kappa shape index (κ2) is 9.26. The van der Waals surface area contributed by atoms with Crippen LogP contribution in [0, 0.1) is 0 Å². The molecule has 0 saturated heterocycles. The first kappa shape index (κ1) is 21.0. The van der Waals surface area contributed by atoms with Gasteiger partial charge < -0.3 is 0 Å². The van der Waals surface area contributed by atoms with Crippen LogP contribution in [0.15, 0.2) is 72.8 Å². The fourth-order valence-corrected chi connectivity index (χ4v) is 4.64. The van der Waals surface area contributed by atoms with E-state index in [4.69, 9.17) is 23.8 Å². The van der Waals surface area contributed by atoms with E-state index in [1.54, 1.807) is 6.08 Å². The Kier molecular flexibility index (Phi) is 6.27. The Labute approximate surface area is 192 Å². The first-order chi connectivity index (χ1) is 15.0. The number of carbonyl (C=O) groups excluding carboxylic acids is 2. The van der Waals surface area contributed by atoms with Gasteiger partial charge in [0.15, 0.2) is 5.11 Å². The number of amides is 2. The van der Waals surface area contributed by atoms with E-state index in [0.29, 0.717) is 9.90 Å². The van der Waals surface area contributed by atoms with Gasteiger partial charge in [-0.1, -0.05) is 72.3 Å². The molecule has 3 N–H and O–H groups in total. The molecule has 0 bridgehead atoms. The molecule has 1 aromatic heterocycles. The maximum Gasteiger partial charge on any atom is 0.281 e. The summed E-state index contributed by atoms with van der Waals surface area (Å²) in [5, 5.41) is 5.79. The minimum Gasteiger partial charge on any atom is -0.298 e. The van der Waals surface area contributed by atoms with Crippen LogP contribution in [-0.4, -0.2) is 16.9 Å². The van der Waals surface area contributed by atoms with Gasteiger partial charge in [-0.15, -0.1) is 11.3 Å². The second-order valence-corrected chi connectivity index (χ2v) is 8.38. The van der Waals surface area contributed by atoms with Crippen molar-refractivity contribution in [3.8, 4) is 0 Å². The molecule has 0 aliphatic carbocycles. The van der Waals surface area contributed by atoms with Crippen molar-refractivity contribution in [1.82, 2.24) is 16.2 Å². The molecule has 8 heteroatoms. The fraction of sp³-hybridized carbons (Fsp3) is 0. The third kappa shape index (κ3) is 4.74. The number of halogens is 1. The fourth-order valence-electron chi connectivity index (χ4n) is 3.08. The Morgan fingerprint density at radius 3 is 2.42 bits per heavy atom. The molecule has 0 saturated carbocycles. The Bertz CT molecular complexity index is 1340. The minimum atomic E-state index is -0.436. The summed E-state index contributed by atoms with van der Waals surface area (Å²) in [6, 6.07) is 21.3. The standard InChI is InChI=1S/C23H16ClN3O2S2/c24-20-17-10-3-4-11-18(17)31-21(20)22(29)26-27-23(30)25-19(28)13-12-15-8-5-7-14-6-1-2-9-16(14)15/h1-13H,(H,26,29)(H2,25,27,28,30). The van der Waals surface area contributed by atoms with E-state index in [1.807, 2.05) is 66.7 Å². The number of hydrogen-bond donors (Lipinski definition) is 3. The summed E-state index contributed by atoms with van der Waals surface area (Å²) in [6.07, 6.45) is 3.11. The van der Waals surface area contributed by atoms with Gasteiger partial charge in [-0.25, -0.2) is 0 Å². The molecule has 5 nitrogen and oxygen atoms in total. The van der Waals surface area contributed by atoms with Gasteiger partial charge in [0.05, 0.1) is 5.02 Å². The maximum absolute atomic E-state index is 12.4. The summed E-state index contributed by atoms with van der Waals surface area (Å²) in [5.74, 6) is -0.853. The largest absolute Gasteiger partial charge is 0.298 e. The molecular weight excluding hydrogens is 450 g/mol. The lowest BCUT2D eigenvalue weighted by Gasteiger charge is -2.09. The van der Waals surface area contributed by atoms with E-state index in [0.717, 1.165) is 26.4 Å². The molecule has 0 aliphatic heterocycles. The van der Waals surface area contributed by atoms with Gasteiger partial charge in [-0.2, -0.15) is 0 Å². The van der Waals surface area contributed by atoms with E-state index >= 15 is 0 Å². The third-order valence-corrected chi connectivity index (χ3v) is 6.38. The molecule has 0 spiro atoms. The van der Waals surface area contributed by atoms with Crippen molar-refractivity contribution < 1.29 is 9.59 Å². The molecule has 0 atom stereocenters. The lowest BCUT2D eigenvalue weighted by Crippen LogP contribution is -2.48. The molecule has 3 aromatic carbocycles. The number of benzene rings is 3. The van der Waals surface area contributed by atoms with Crippen LogP contribution in [-0.2, 0) is 4.79 Å². The molecule has 4 aromatic rings. The van der Waals surface area contributed by atoms with Crippen molar-refractivity contribution in [2.45, 2.75) is 0 Å². The zero-order valence-electron chi connectivity index (χ0n) is 16.0. The molecule has 31 heavy (non-hydrogen) atoms. The van der Waals surface area contributed by atoms with Gasteiger partial charge in [0.2, 0.25) is 5.91 Å². The zero-order chi connectivity index (χ0) is 21.8. The van der Waals surface area contributed by atoms with Crippen molar-refractivity contribution in [1.29, 1.82) is 0 Å². The normalized spacial score (nSPS) is 11.0. The van der Waals surface area contributed by atoms with Crippen LogP contribution in [0.5, 0.6) is 0 Å². The highest BCUT2D eigenvalue weighted by molar-refractivity contribution is 7.80. The predicted molar refractivity (Wildman–Crippen MR) is 131 cm³/mol. The van der Waals surface area contributed by atoms with Crippen molar-refractivity contribution in [3.63, 3.8) is 0 Å². The zero-order valence-corrected chi connectivity index (χ0v) is 18.4. The summed E-state index contributed by atoms with van der Waals surface area (Å²) in [7, 11) is 0. The lowest BCUT2D eigenvalue weighted by molar-refractivity contribution is -0.115. The highest BCUT2D eigenvalue weighted by Crippen LogP contribution is 2.34. The first-order valence-corrected chi connectivity index (χ1v) is 10.9. The first-order valence-electron chi connectivity index (χ1n) is 9.27. The SMILES string of the molecule is O=C(C=Cc1cccc2ccccc12)NC(=S)NNC(=O)c1sc2ccccc2c1Cl. The smallest absolute Gasteiger partial charge is 0.281 e. The number of hydrogen-bond acceptors (Lipinski definition) is 4. The van der Waals surface area contributed by atoms with Gasteiger partial charge in [0, 0.05) is 16.2 Å². The van der Waals surface area contributed by atoms with Gasteiger partial charge in [-0.3, -0.25) is 25.8 Å². The van der Waals surface area contributed by atoms with Crippen LogP contribution in [0.3, 0.4) is 0 Å². The molecule has 0 aliphatic rings. The summed E-state index contributed by atoms with van der Waals surface area (Å²) >= 11 is 12.7. The molecular formula is C23H16ClN3O2S2. The van der Waals surface area contributed by atoms with Crippen molar-refractivity contribution in [3.05, 3.63) is 88.3 Å². The van der Waals surface area contributed by atoms with Crippen LogP contribution in [0.1, 0.15) is 15.2 Å². The summed E-state index contributed by atoms with van der Waals surface area (Å²) in [6.45, 7) is 0. The van der Waals surface area contributed by atoms with Gasteiger partial charge in [0.1, 0.15) is 4.88 Å². The van der Waals surface area contributed by atoms with Crippen molar-refractivity contribution in [2.75, 3.05) is 0 Å². The quantitative estimate of drug-likeness (QED) is 0.225. The Hall–Kier alpha value is -3.26. The molecule has 154 valence electrons. The summed E-state index contributed by atoms with van der Waals surface area (Å²) < 4.78 is 0.909. The Morgan fingerprint density at radius 1 is 0.903 bits per heavy atom. The Morgan fingerprint density at radius 2 is 1.61 bits per heavy atom. The highest BCUT2D eigenvalue weighted by atomic mass is 35.5. The van der Waals surface area contributed by atoms with Crippen molar-refractivity contribution in [2.24, 2.45) is 0 Å². The topological polar surface area (TPSA) is 70.2 Å². The molecule has 1 heterocycles. The lowest BCUT2D eigenvalue weighted by atomic mass is 10.0. The van der Waals surface area contributed by atoms with Crippen LogP contribution in [0.4, 0.5) is 0 Å². The van der Waals surface area contributed by atoms with Crippen LogP contribution < -0.4 is 16.2 Å². The number of thiophene rings is 1. The van der Waals surface area contributed by atoms with Gasteiger partial charge in [0.25, 0.3) is 5.91 Å². The molecule has 2 amide bonds. The summed E-state index contributed by atoms with van der Waals surface area (Å²) in [4.78, 5) is 25.0. The average Bonchev–Trinajstić information content (AvgIpc) is 3.13. The van der Waals surface area contributed by atoms with E-state index < -0.39 is 11.8 Å². The number of carbonyl (C=O) groups is 2. The van der Waals surface area contributed by atoms with E-state index in [-0.39, 0.29) is 5.11 Å². The third-order valence-electron chi connectivity index (χ3n) is 4.51.